The van der Waals surface area contributed by atoms with Crippen molar-refractivity contribution in [3.8, 4) is 5.75 Å². The van der Waals surface area contributed by atoms with E-state index in [2.05, 4.69) is 12.2 Å². The highest BCUT2D eigenvalue weighted by Gasteiger charge is 2.34. The first kappa shape index (κ1) is 18.1. The van der Waals surface area contributed by atoms with Gasteiger partial charge < -0.3 is 10.1 Å². The molecule has 3 nitrogen and oxygen atoms in total. The molecular weight excluding hydrogens is 305 g/mol. The van der Waals surface area contributed by atoms with Crippen LogP contribution in [0.4, 0.5) is 13.2 Å². The van der Waals surface area contributed by atoms with Gasteiger partial charge in [0.2, 0.25) is 0 Å². The lowest BCUT2D eigenvalue weighted by molar-refractivity contribution is -0.143. The van der Waals surface area contributed by atoms with Crippen LogP contribution in [0.25, 0.3) is 0 Å². The fourth-order valence-electron chi connectivity index (χ4n) is 3.12. The molecule has 23 heavy (non-hydrogen) atoms. The Bertz CT molecular complexity index is 493. The number of hydrogen-bond donors (Lipinski definition) is 1. The van der Waals surface area contributed by atoms with Gasteiger partial charge in [-0.25, -0.2) is 0 Å². The number of halogens is 3. The molecule has 1 aliphatic rings. The summed E-state index contributed by atoms with van der Waals surface area (Å²) in [4.78, 5) is 1.50. The first-order valence-corrected chi connectivity index (χ1v) is 8.02. The molecule has 0 aliphatic carbocycles. The van der Waals surface area contributed by atoms with Crippen LogP contribution in [0.3, 0.4) is 0 Å². The number of nitrogens with one attached hydrogen (secondary N) is 1. The van der Waals surface area contributed by atoms with E-state index in [1.165, 1.54) is 4.90 Å². The molecule has 1 saturated heterocycles. The molecule has 2 unspecified atom stereocenters. The van der Waals surface area contributed by atoms with Gasteiger partial charge >= 0.3 is 6.18 Å². The maximum atomic E-state index is 12.4. The lowest BCUT2D eigenvalue weighted by Gasteiger charge is -2.20. The van der Waals surface area contributed by atoms with Crippen molar-refractivity contribution in [2.24, 2.45) is 5.92 Å². The molecule has 0 saturated carbocycles. The van der Waals surface area contributed by atoms with Crippen molar-refractivity contribution in [2.45, 2.75) is 32.0 Å². The molecule has 2 atom stereocenters. The van der Waals surface area contributed by atoms with Gasteiger partial charge in [-0.1, -0.05) is 18.2 Å². The fourth-order valence-corrected chi connectivity index (χ4v) is 3.12. The van der Waals surface area contributed by atoms with Crippen molar-refractivity contribution >= 4 is 0 Å². The number of alkyl halides is 3. The summed E-state index contributed by atoms with van der Waals surface area (Å²) in [5.41, 5.74) is 1.14. The Morgan fingerprint density at radius 2 is 2.09 bits per heavy atom. The van der Waals surface area contributed by atoms with E-state index in [0.29, 0.717) is 13.1 Å². The number of likely N-dealkylation sites (tertiary alicyclic amines) is 1. The van der Waals surface area contributed by atoms with E-state index in [-0.39, 0.29) is 12.0 Å². The van der Waals surface area contributed by atoms with Crippen LogP contribution < -0.4 is 10.1 Å². The summed E-state index contributed by atoms with van der Waals surface area (Å²) < 4.78 is 42.5. The van der Waals surface area contributed by atoms with Gasteiger partial charge in [0.1, 0.15) is 5.75 Å². The predicted octanol–water partition coefficient (Wildman–Crippen LogP) is 3.10. The summed E-state index contributed by atoms with van der Waals surface area (Å²) >= 11 is 0. The Kier molecular flexibility index (Phi) is 6.30. The minimum absolute atomic E-state index is 0.253. The predicted molar refractivity (Wildman–Crippen MR) is 84.8 cm³/mol. The summed E-state index contributed by atoms with van der Waals surface area (Å²) in [5, 5.41) is 3.44. The zero-order chi connectivity index (χ0) is 16.9. The van der Waals surface area contributed by atoms with Crippen LogP contribution in [0.15, 0.2) is 24.3 Å². The summed E-state index contributed by atoms with van der Waals surface area (Å²) in [6, 6.07) is 8.15. The number of benzene rings is 1. The minimum atomic E-state index is -4.10. The minimum Gasteiger partial charge on any atom is -0.496 e. The molecule has 0 aromatic heterocycles. The molecule has 6 heteroatoms. The van der Waals surface area contributed by atoms with Crippen LogP contribution in [0, 0.1) is 5.92 Å². The third-order valence-electron chi connectivity index (χ3n) is 4.25. The van der Waals surface area contributed by atoms with Crippen molar-refractivity contribution in [1.82, 2.24) is 10.2 Å². The van der Waals surface area contributed by atoms with Crippen LogP contribution in [-0.2, 0) is 6.42 Å². The van der Waals surface area contributed by atoms with Crippen molar-refractivity contribution in [1.29, 1.82) is 0 Å². The zero-order valence-corrected chi connectivity index (χ0v) is 13.7. The molecule has 0 amide bonds. The number of rotatable bonds is 7. The van der Waals surface area contributed by atoms with Crippen LogP contribution in [0.2, 0.25) is 0 Å². The SMILES string of the molecule is COc1ccccc1CC(C)NCC1CCN(CC(F)(F)F)C1. The summed E-state index contributed by atoms with van der Waals surface area (Å²) in [5.74, 6) is 1.16. The first-order chi connectivity index (χ1) is 10.9. The van der Waals surface area contributed by atoms with Crippen LogP contribution in [-0.4, -0.2) is 50.4 Å². The third-order valence-corrected chi connectivity index (χ3v) is 4.25. The van der Waals surface area contributed by atoms with E-state index in [4.69, 9.17) is 4.74 Å². The topological polar surface area (TPSA) is 24.5 Å². The molecule has 1 aromatic rings. The van der Waals surface area contributed by atoms with Crippen LogP contribution in [0.5, 0.6) is 5.75 Å². The molecule has 0 radical (unpaired) electrons. The molecule has 1 N–H and O–H groups in total. The highest BCUT2D eigenvalue weighted by Crippen LogP contribution is 2.23. The Balaban J connectivity index is 1.74. The molecular formula is C17H25F3N2O. The zero-order valence-electron chi connectivity index (χ0n) is 13.7. The molecule has 130 valence electrons. The second-order valence-corrected chi connectivity index (χ2v) is 6.33. The monoisotopic (exact) mass is 330 g/mol. The Hall–Kier alpha value is -1.27. The lowest BCUT2D eigenvalue weighted by atomic mass is 10.0. The van der Waals surface area contributed by atoms with Gasteiger partial charge in [0.05, 0.1) is 13.7 Å². The standard InChI is InChI=1S/C17H25F3N2O/c1-13(9-15-5-3-4-6-16(15)23-2)21-10-14-7-8-22(11-14)12-17(18,19)20/h3-6,13-14,21H,7-12H2,1-2H3. The van der Waals surface area contributed by atoms with E-state index in [1.54, 1.807) is 7.11 Å². The van der Waals surface area contributed by atoms with E-state index >= 15 is 0 Å². The number of methoxy groups -OCH3 is 1. The first-order valence-electron chi connectivity index (χ1n) is 8.02. The smallest absolute Gasteiger partial charge is 0.401 e. The van der Waals surface area contributed by atoms with E-state index in [0.717, 1.165) is 30.7 Å². The molecule has 0 bridgehead atoms. The molecule has 1 fully saturated rings. The Labute approximate surface area is 135 Å². The van der Waals surface area contributed by atoms with Crippen molar-refractivity contribution in [3.05, 3.63) is 29.8 Å². The molecule has 2 rings (SSSR count). The largest absolute Gasteiger partial charge is 0.496 e. The van der Waals surface area contributed by atoms with Crippen molar-refractivity contribution in [3.63, 3.8) is 0 Å². The molecule has 1 aromatic carbocycles. The van der Waals surface area contributed by atoms with E-state index < -0.39 is 12.7 Å². The number of para-hydroxylation sites is 1. The van der Waals surface area contributed by atoms with Crippen molar-refractivity contribution in [2.75, 3.05) is 33.3 Å². The van der Waals surface area contributed by atoms with Gasteiger partial charge in [-0.2, -0.15) is 13.2 Å². The van der Waals surface area contributed by atoms with Gasteiger partial charge in [-0.05, 0) is 50.4 Å². The molecule has 1 aliphatic heterocycles. The third kappa shape index (κ3) is 6.03. The maximum absolute atomic E-state index is 12.4. The summed E-state index contributed by atoms with van der Waals surface area (Å²) in [6.07, 6.45) is -2.44. The average Bonchev–Trinajstić information content (AvgIpc) is 2.91. The lowest BCUT2D eigenvalue weighted by Crippen LogP contribution is -2.36. The quantitative estimate of drug-likeness (QED) is 0.831. The Morgan fingerprint density at radius 3 is 2.78 bits per heavy atom. The van der Waals surface area contributed by atoms with Gasteiger partial charge in [-0.3, -0.25) is 4.90 Å². The van der Waals surface area contributed by atoms with Gasteiger partial charge in [0.25, 0.3) is 0 Å². The van der Waals surface area contributed by atoms with E-state index in [9.17, 15) is 13.2 Å². The average molecular weight is 330 g/mol. The normalized spacial score (nSPS) is 20.7. The summed E-state index contributed by atoms with van der Waals surface area (Å²) in [7, 11) is 1.66. The van der Waals surface area contributed by atoms with Gasteiger partial charge in [0, 0.05) is 12.6 Å². The van der Waals surface area contributed by atoms with Crippen LogP contribution in [0.1, 0.15) is 18.9 Å². The maximum Gasteiger partial charge on any atom is 0.401 e. The Morgan fingerprint density at radius 1 is 1.35 bits per heavy atom. The number of ether oxygens (including phenoxy) is 1. The molecule has 0 spiro atoms. The highest BCUT2D eigenvalue weighted by molar-refractivity contribution is 5.33. The number of hydrogen-bond acceptors (Lipinski definition) is 3. The van der Waals surface area contributed by atoms with Gasteiger partial charge in [0.15, 0.2) is 0 Å². The fraction of sp³-hybridized carbons (Fsp3) is 0.647. The summed E-state index contributed by atoms with van der Waals surface area (Å²) in [6.45, 7) is 3.11. The number of nitrogens with zero attached hydrogens (tertiary/aromatic N) is 1. The molecule has 1 heterocycles. The van der Waals surface area contributed by atoms with Crippen LogP contribution >= 0.6 is 0 Å². The second kappa shape index (κ2) is 8.02. The van der Waals surface area contributed by atoms with Gasteiger partial charge in [-0.15, -0.1) is 0 Å². The second-order valence-electron chi connectivity index (χ2n) is 6.33. The highest BCUT2D eigenvalue weighted by atomic mass is 19.4. The van der Waals surface area contributed by atoms with E-state index in [1.807, 2.05) is 24.3 Å². The van der Waals surface area contributed by atoms with Crippen molar-refractivity contribution < 1.29 is 17.9 Å².